The van der Waals surface area contributed by atoms with Crippen molar-refractivity contribution in [2.24, 2.45) is 0 Å². The van der Waals surface area contributed by atoms with E-state index >= 15 is 4.39 Å². The predicted octanol–water partition coefficient (Wildman–Crippen LogP) is 6.52. The lowest BCUT2D eigenvalue weighted by Gasteiger charge is -2.25. The number of aromatic nitrogens is 2. The molecule has 0 aliphatic rings. The molecule has 36 heavy (non-hydrogen) atoms. The van der Waals surface area contributed by atoms with Gasteiger partial charge in [0.2, 0.25) is 0 Å². The van der Waals surface area contributed by atoms with Gasteiger partial charge >= 0.3 is 0 Å². The zero-order chi connectivity index (χ0) is 25.8. The zero-order valence-electron chi connectivity index (χ0n) is 18.6. The van der Waals surface area contributed by atoms with E-state index in [9.17, 15) is 14.0 Å². The lowest BCUT2D eigenvalue weighted by Crippen LogP contribution is -2.32. The number of rotatable bonds is 7. The molecule has 11 heteroatoms. The smallest absolute Gasteiger partial charge is 0.272 e. The van der Waals surface area contributed by atoms with Gasteiger partial charge in [-0.2, -0.15) is 0 Å². The number of nitrogens with one attached hydrogen (secondary N) is 1. The van der Waals surface area contributed by atoms with E-state index in [4.69, 9.17) is 32.7 Å². The Kier molecular flexibility index (Phi) is 7.52. The summed E-state index contributed by atoms with van der Waals surface area (Å²) in [7, 11) is 0. The third kappa shape index (κ3) is 5.32. The summed E-state index contributed by atoms with van der Waals surface area (Å²) in [4.78, 5) is 33.5. The van der Waals surface area contributed by atoms with E-state index in [0.717, 1.165) is 29.2 Å². The first-order chi connectivity index (χ1) is 17.3. The fourth-order valence-electron chi connectivity index (χ4n) is 3.35. The monoisotopic (exact) mass is 531 g/mol. The third-order valence-electron chi connectivity index (χ3n) is 4.89. The van der Waals surface area contributed by atoms with Crippen molar-refractivity contribution >= 4 is 40.5 Å². The van der Waals surface area contributed by atoms with Crippen LogP contribution in [0.1, 0.15) is 17.3 Å². The van der Waals surface area contributed by atoms with Gasteiger partial charge in [-0.15, -0.1) is 0 Å². The summed E-state index contributed by atoms with van der Waals surface area (Å²) in [6.07, 6.45) is 2.72. The average molecular weight is 532 g/mol. The Hall–Kier alpha value is -3.95. The SMILES string of the molecule is CCOc1cc[nH]c(=O)c1C(=O)N(c1ccc(F)cc1)c1cc(Cl)c(Oc2ccnc(Cl)c2)cc1F. The number of benzene rings is 2. The van der Waals surface area contributed by atoms with E-state index in [1.54, 1.807) is 6.92 Å². The molecule has 0 unspecified atom stereocenters. The molecule has 0 atom stereocenters. The Morgan fingerprint density at radius 2 is 1.81 bits per heavy atom. The van der Waals surface area contributed by atoms with Crippen molar-refractivity contribution in [2.45, 2.75) is 6.92 Å². The van der Waals surface area contributed by atoms with Gasteiger partial charge in [0.05, 0.1) is 17.3 Å². The van der Waals surface area contributed by atoms with Crippen molar-refractivity contribution in [2.75, 3.05) is 11.5 Å². The van der Waals surface area contributed by atoms with Crippen molar-refractivity contribution < 1.29 is 23.0 Å². The molecule has 4 aromatic rings. The second-order valence-electron chi connectivity index (χ2n) is 7.25. The molecule has 184 valence electrons. The van der Waals surface area contributed by atoms with E-state index in [0.29, 0.717) is 0 Å². The van der Waals surface area contributed by atoms with E-state index in [1.807, 2.05) is 0 Å². The van der Waals surface area contributed by atoms with Crippen molar-refractivity contribution in [3.05, 3.63) is 105 Å². The Morgan fingerprint density at radius 3 is 2.50 bits per heavy atom. The van der Waals surface area contributed by atoms with Crippen molar-refractivity contribution in [1.82, 2.24) is 9.97 Å². The van der Waals surface area contributed by atoms with Gasteiger partial charge in [-0.1, -0.05) is 23.2 Å². The number of amides is 1. The van der Waals surface area contributed by atoms with Crippen molar-refractivity contribution in [3.8, 4) is 17.2 Å². The van der Waals surface area contributed by atoms with Crippen LogP contribution in [0.3, 0.4) is 0 Å². The van der Waals surface area contributed by atoms with Crippen molar-refractivity contribution in [1.29, 1.82) is 0 Å². The minimum absolute atomic E-state index is 0.000568. The number of anilines is 2. The first-order valence-electron chi connectivity index (χ1n) is 10.5. The summed E-state index contributed by atoms with van der Waals surface area (Å²) in [5.74, 6) is -2.20. The van der Waals surface area contributed by atoms with Crippen LogP contribution in [-0.4, -0.2) is 22.5 Å². The molecule has 1 amide bonds. The molecule has 1 N–H and O–H groups in total. The van der Waals surface area contributed by atoms with Gasteiger partial charge in [-0.25, -0.2) is 13.8 Å². The molecule has 0 radical (unpaired) electrons. The molecule has 0 aliphatic heterocycles. The first-order valence-corrected chi connectivity index (χ1v) is 11.3. The quantitative estimate of drug-likeness (QED) is 0.274. The van der Waals surface area contributed by atoms with Crippen LogP contribution in [0.4, 0.5) is 20.2 Å². The topological polar surface area (TPSA) is 84.5 Å². The molecule has 0 aliphatic carbocycles. The standard InChI is InChI=1S/C25H17Cl2F2N3O4/c1-2-35-20-8-10-31-24(33)23(20)25(34)32(15-5-3-14(28)4-6-15)19-12-17(26)21(13-18(19)29)36-16-7-9-30-22(27)11-16/h3-13H,2H2,1H3,(H,31,33). The molecule has 2 heterocycles. The third-order valence-corrected chi connectivity index (χ3v) is 5.39. The minimum atomic E-state index is -0.920. The molecule has 0 saturated carbocycles. The van der Waals surface area contributed by atoms with E-state index < -0.39 is 23.1 Å². The normalized spacial score (nSPS) is 10.7. The Bertz CT molecular complexity index is 1480. The fraction of sp³-hybridized carbons (Fsp3) is 0.0800. The van der Waals surface area contributed by atoms with Crippen LogP contribution in [0, 0.1) is 11.6 Å². The number of carbonyl (C=O) groups excluding carboxylic acids is 1. The van der Waals surface area contributed by atoms with Crippen LogP contribution < -0.4 is 19.9 Å². The van der Waals surface area contributed by atoms with Gasteiger partial charge in [0, 0.05) is 30.2 Å². The van der Waals surface area contributed by atoms with Crippen LogP contribution in [0.25, 0.3) is 0 Å². The summed E-state index contributed by atoms with van der Waals surface area (Å²) in [5, 5.41) is 0.109. The van der Waals surface area contributed by atoms with Crippen molar-refractivity contribution in [3.63, 3.8) is 0 Å². The molecule has 7 nitrogen and oxygen atoms in total. The molecular formula is C25H17Cl2F2N3O4. The van der Waals surface area contributed by atoms with Gasteiger partial charge in [0.15, 0.2) is 5.82 Å². The Balaban J connectivity index is 1.84. The number of ether oxygens (including phenoxy) is 2. The molecule has 0 bridgehead atoms. The highest BCUT2D eigenvalue weighted by Gasteiger charge is 2.29. The summed E-state index contributed by atoms with van der Waals surface area (Å²) in [6, 6.07) is 11.2. The molecule has 4 rings (SSSR count). The van der Waals surface area contributed by atoms with Crippen LogP contribution >= 0.6 is 23.2 Å². The maximum Gasteiger partial charge on any atom is 0.272 e. The summed E-state index contributed by atoms with van der Waals surface area (Å²) >= 11 is 12.2. The summed E-state index contributed by atoms with van der Waals surface area (Å²) in [5.41, 5.74) is -1.34. The lowest BCUT2D eigenvalue weighted by molar-refractivity contribution is 0.0993. The maximum absolute atomic E-state index is 15.5. The molecule has 2 aromatic heterocycles. The number of pyridine rings is 2. The second kappa shape index (κ2) is 10.8. The molecule has 0 spiro atoms. The molecule has 0 fully saturated rings. The van der Waals surface area contributed by atoms with E-state index in [-0.39, 0.29) is 51.0 Å². The summed E-state index contributed by atoms with van der Waals surface area (Å²) < 4.78 is 40.2. The first kappa shape index (κ1) is 25.2. The predicted molar refractivity (Wildman–Crippen MR) is 132 cm³/mol. The zero-order valence-corrected chi connectivity index (χ0v) is 20.1. The van der Waals surface area contributed by atoms with Crippen LogP contribution in [0.5, 0.6) is 17.2 Å². The number of halogens is 4. The van der Waals surface area contributed by atoms with Gasteiger partial charge in [0.1, 0.15) is 33.8 Å². The molecular weight excluding hydrogens is 515 g/mol. The average Bonchev–Trinajstić information content (AvgIpc) is 2.83. The summed E-state index contributed by atoms with van der Waals surface area (Å²) in [6.45, 7) is 1.85. The maximum atomic E-state index is 15.5. The van der Waals surface area contributed by atoms with Crippen LogP contribution in [-0.2, 0) is 0 Å². The van der Waals surface area contributed by atoms with Gasteiger partial charge < -0.3 is 14.5 Å². The number of hydrogen-bond acceptors (Lipinski definition) is 5. The molecule has 0 saturated heterocycles. The fourth-order valence-corrected chi connectivity index (χ4v) is 3.71. The Morgan fingerprint density at radius 1 is 1.06 bits per heavy atom. The number of aromatic amines is 1. The highest BCUT2D eigenvalue weighted by Crippen LogP contribution is 2.39. The number of nitrogens with zero attached hydrogens (tertiary/aromatic N) is 2. The van der Waals surface area contributed by atoms with Gasteiger partial charge in [-0.3, -0.25) is 14.5 Å². The lowest BCUT2D eigenvalue weighted by atomic mass is 10.1. The highest BCUT2D eigenvalue weighted by atomic mass is 35.5. The van der Waals surface area contributed by atoms with Gasteiger partial charge in [-0.05, 0) is 49.4 Å². The van der Waals surface area contributed by atoms with Crippen LogP contribution in [0.15, 0.2) is 71.8 Å². The highest BCUT2D eigenvalue weighted by molar-refractivity contribution is 6.32. The molecule has 2 aromatic carbocycles. The minimum Gasteiger partial charge on any atom is -0.493 e. The number of hydrogen-bond donors (Lipinski definition) is 1. The van der Waals surface area contributed by atoms with E-state index in [2.05, 4.69) is 9.97 Å². The van der Waals surface area contributed by atoms with E-state index in [1.165, 1.54) is 42.7 Å². The second-order valence-corrected chi connectivity index (χ2v) is 8.04. The Labute approximate surface area is 213 Å². The number of carbonyl (C=O) groups is 1. The van der Waals surface area contributed by atoms with Crippen LogP contribution in [0.2, 0.25) is 10.2 Å². The number of H-pyrrole nitrogens is 1. The largest absolute Gasteiger partial charge is 0.493 e. The van der Waals surface area contributed by atoms with Gasteiger partial charge in [0.25, 0.3) is 11.5 Å².